The van der Waals surface area contributed by atoms with Crippen molar-refractivity contribution in [1.29, 1.82) is 0 Å². The van der Waals surface area contributed by atoms with E-state index in [2.05, 4.69) is 15.3 Å². The zero-order valence-electron chi connectivity index (χ0n) is 17.8. The Kier molecular flexibility index (Phi) is 9.05. The van der Waals surface area contributed by atoms with Gasteiger partial charge in [0.25, 0.3) is 0 Å². The van der Waals surface area contributed by atoms with Crippen molar-refractivity contribution in [2.45, 2.75) is 19.4 Å². The fraction of sp³-hybridized carbons (Fsp3) is 0.280. The molecule has 0 aliphatic carbocycles. The number of benzene rings is 3. The number of alkyl halides is 1. The van der Waals surface area contributed by atoms with Gasteiger partial charge in [0, 0.05) is 23.6 Å². The second-order valence-corrected chi connectivity index (χ2v) is 7.29. The van der Waals surface area contributed by atoms with Crippen LogP contribution in [0.4, 0.5) is 8.78 Å². The summed E-state index contributed by atoms with van der Waals surface area (Å²) in [6, 6.07) is 20.4. The molecule has 0 bridgehead atoms. The molecule has 3 aromatic rings. The van der Waals surface area contributed by atoms with Crippen molar-refractivity contribution >= 4 is 0 Å². The van der Waals surface area contributed by atoms with Gasteiger partial charge in [-0.15, -0.1) is 0 Å². The van der Waals surface area contributed by atoms with Crippen LogP contribution >= 0.6 is 0 Å². The van der Waals surface area contributed by atoms with Crippen LogP contribution in [0.3, 0.4) is 0 Å². The molecule has 0 spiro atoms. The van der Waals surface area contributed by atoms with Crippen LogP contribution in [0.1, 0.15) is 18.4 Å². The van der Waals surface area contributed by atoms with Gasteiger partial charge in [-0.2, -0.15) is 0 Å². The van der Waals surface area contributed by atoms with E-state index in [1.807, 2.05) is 54.6 Å². The van der Waals surface area contributed by atoms with E-state index >= 15 is 0 Å². The number of nitrogens with one attached hydrogen (secondary N) is 1. The lowest BCUT2D eigenvalue weighted by atomic mass is 9.99. The Balaban J connectivity index is 1.61. The third-order valence-corrected chi connectivity index (χ3v) is 4.97. The number of halogens is 2. The normalized spacial score (nSPS) is 10.6. The quantitative estimate of drug-likeness (QED) is 0.149. The first kappa shape index (κ1) is 23.3. The van der Waals surface area contributed by atoms with Gasteiger partial charge in [-0.25, -0.2) is 4.39 Å². The summed E-state index contributed by atoms with van der Waals surface area (Å²) in [5, 5.41) is 6.65. The van der Waals surface area contributed by atoms with Gasteiger partial charge in [-0.05, 0) is 65.4 Å². The van der Waals surface area contributed by atoms with Gasteiger partial charge >= 0.3 is 0 Å². The van der Waals surface area contributed by atoms with E-state index in [0.29, 0.717) is 50.4 Å². The van der Waals surface area contributed by atoms with Crippen molar-refractivity contribution in [1.82, 2.24) is 5.32 Å². The van der Waals surface area contributed by atoms with Crippen LogP contribution in [0.25, 0.3) is 32.7 Å². The molecule has 3 aromatic carbocycles. The van der Waals surface area contributed by atoms with Gasteiger partial charge in [0.15, 0.2) is 0 Å². The van der Waals surface area contributed by atoms with Gasteiger partial charge in [0.05, 0.1) is 13.3 Å². The lowest BCUT2D eigenvalue weighted by Gasteiger charge is -2.10. The second-order valence-electron chi connectivity index (χ2n) is 7.29. The lowest BCUT2D eigenvalue weighted by molar-refractivity contribution is 0.313. The smallest absolute Gasteiger partial charge is 0.131 e. The predicted molar refractivity (Wildman–Crippen MR) is 124 cm³/mol. The summed E-state index contributed by atoms with van der Waals surface area (Å²) in [5.74, 6) is 0.431. The van der Waals surface area contributed by atoms with Crippen molar-refractivity contribution in [3.05, 3.63) is 88.6 Å². The van der Waals surface area contributed by atoms with Crippen molar-refractivity contribution in [3.63, 3.8) is 0 Å². The van der Waals surface area contributed by atoms with Crippen molar-refractivity contribution in [2.75, 3.05) is 26.4 Å². The predicted octanol–water partition coefficient (Wildman–Crippen LogP) is 6.69. The molecule has 1 N–H and O–H groups in total. The summed E-state index contributed by atoms with van der Waals surface area (Å²) in [6.45, 7) is 1.85. The van der Waals surface area contributed by atoms with Crippen LogP contribution in [-0.2, 0) is 6.54 Å². The minimum absolute atomic E-state index is 0.283. The molecule has 5 nitrogen and oxygen atoms in total. The van der Waals surface area contributed by atoms with Crippen LogP contribution in [0.5, 0.6) is 5.75 Å². The molecule has 0 aromatic heterocycles. The van der Waals surface area contributed by atoms with Crippen molar-refractivity contribution < 1.29 is 13.5 Å². The Labute approximate surface area is 186 Å². The molecule has 3 rings (SSSR count). The van der Waals surface area contributed by atoms with E-state index < -0.39 is 0 Å². The molecule has 0 saturated carbocycles. The van der Waals surface area contributed by atoms with Crippen molar-refractivity contribution in [3.8, 4) is 28.0 Å². The molecule has 0 atom stereocenters. The average Bonchev–Trinajstić information content (AvgIpc) is 2.83. The molecule has 166 valence electrons. The van der Waals surface area contributed by atoms with Gasteiger partial charge in [-0.1, -0.05) is 53.6 Å². The summed E-state index contributed by atoms with van der Waals surface area (Å²) in [6.07, 6.45) is 1.15. The first-order chi connectivity index (χ1) is 15.7. The summed E-state index contributed by atoms with van der Waals surface area (Å²) >= 11 is 0. The molecule has 0 fully saturated rings. The zero-order valence-corrected chi connectivity index (χ0v) is 17.8. The summed E-state index contributed by atoms with van der Waals surface area (Å²) in [7, 11) is 0. The minimum Gasteiger partial charge on any atom is -0.494 e. The number of ether oxygens (including phenoxy) is 1. The summed E-state index contributed by atoms with van der Waals surface area (Å²) < 4.78 is 32.6. The van der Waals surface area contributed by atoms with Crippen molar-refractivity contribution in [2.24, 2.45) is 5.11 Å². The number of hydrogen-bond donors (Lipinski definition) is 1. The average molecular weight is 437 g/mol. The number of azide groups is 1. The van der Waals surface area contributed by atoms with Crippen LogP contribution in [0, 0.1) is 5.82 Å². The first-order valence-electron chi connectivity index (χ1n) is 10.6. The molecule has 7 heteroatoms. The molecular formula is C25H26F2N4O. The summed E-state index contributed by atoms with van der Waals surface area (Å²) in [5.41, 5.74) is 12.4. The van der Waals surface area contributed by atoms with E-state index in [9.17, 15) is 8.78 Å². The highest BCUT2D eigenvalue weighted by molar-refractivity contribution is 5.71. The second kappa shape index (κ2) is 12.4. The van der Waals surface area contributed by atoms with Gasteiger partial charge < -0.3 is 10.1 Å². The topological polar surface area (TPSA) is 70.0 Å². The summed E-state index contributed by atoms with van der Waals surface area (Å²) in [4.78, 5) is 2.70. The van der Waals surface area contributed by atoms with E-state index in [1.54, 1.807) is 6.07 Å². The van der Waals surface area contributed by atoms with Crippen LogP contribution in [-0.4, -0.2) is 26.4 Å². The molecule has 0 saturated heterocycles. The highest BCUT2D eigenvalue weighted by atomic mass is 19.1. The SMILES string of the molecule is [N-]=[N+]=NCCCOc1ccc(-c2ccc(-c3ccc(CNCCCF)cc3)c(F)c2)cc1. The molecule has 0 amide bonds. The molecular weight excluding hydrogens is 410 g/mol. The number of hydrogen-bond acceptors (Lipinski definition) is 3. The van der Waals surface area contributed by atoms with E-state index in [-0.39, 0.29) is 12.5 Å². The number of nitrogens with zero attached hydrogens (tertiary/aromatic N) is 3. The fourth-order valence-electron chi connectivity index (χ4n) is 3.27. The molecule has 0 unspecified atom stereocenters. The Morgan fingerprint density at radius 3 is 2.31 bits per heavy atom. The maximum Gasteiger partial charge on any atom is 0.131 e. The standard InChI is InChI=1S/C25H26F2N4O/c26-13-1-14-29-18-19-3-5-21(6-4-19)24-12-9-22(17-25(24)27)20-7-10-23(11-8-20)32-16-2-15-30-31-28/h3-12,17,29H,1-2,13-16,18H2. The monoisotopic (exact) mass is 436 g/mol. The highest BCUT2D eigenvalue weighted by Crippen LogP contribution is 2.29. The maximum atomic E-state index is 14.9. The molecule has 0 aliphatic rings. The van der Waals surface area contributed by atoms with Gasteiger partial charge in [-0.3, -0.25) is 4.39 Å². The molecule has 0 heterocycles. The van der Waals surface area contributed by atoms with Gasteiger partial charge in [0.1, 0.15) is 11.6 Å². The Hall–Kier alpha value is -3.41. The minimum atomic E-state index is -0.320. The fourth-order valence-corrected chi connectivity index (χ4v) is 3.27. The first-order valence-corrected chi connectivity index (χ1v) is 10.6. The Morgan fingerprint density at radius 2 is 1.62 bits per heavy atom. The third kappa shape index (κ3) is 6.80. The highest BCUT2D eigenvalue weighted by Gasteiger charge is 2.08. The largest absolute Gasteiger partial charge is 0.494 e. The lowest BCUT2D eigenvalue weighted by Crippen LogP contribution is -2.14. The molecule has 0 radical (unpaired) electrons. The molecule has 32 heavy (non-hydrogen) atoms. The Morgan fingerprint density at radius 1 is 0.906 bits per heavy atom. The van der Waals surface area contributed by atoms with E-state index in [1.165, 1.54) is 6.07 Å². The van der Waals surface area contributed by atoms with Crippen LogP contribution < -0.4 is 10.1 Å². The maximum absolute atomic E-state index is 14.9. The van der Waals surface area contributed by atoms with E-state index in [4.69, 9.17) is 10.3 Å². The van der Waals surface area contributed by atoms with Gasteiger partial charge in [0.2, 0.25) is 0 Å². The third-order valence-electron chi connectivity index (χ3n) is 4.97. The number of rotatable bonds is 12. The van der Waals surface area contributed by atoms with Crippen LogP contribution in [0.2, 0.25) is 0 Å². The van der Waals surface area contributed by atoms with E-state index in [0.717, 1.165) is 22.3 Å². The van der Waals surface area contributed by atoms with Crippen LogP contribution in [0.15, 0.2) is 71.8 Å². The Bertz CT molecular complexity index is 1030. The molecule has 0 aliphatic heterocycles. The zero-order chi connectivity index (χ0) is 22.6.